The van der Waals surface area contributed by atoms with Crippen molar-refractivity contribution in [3.63, 3.8) is 0 Å². The number of carbonyl (C=O) groups is 3. The number of benzene rings is 2. The van der Waals surface area contributed by atoms with Crippen LogP contribution in [0.3, 0.4) is 0 Å². The van der Waals surface area contributed by atoms with Crippen LogP contribution in [0, 0.1) is 19.7 Å². The largest absolute Gasteiger partial charge is 0.486 e. The highest BCUT2D eigenvalue weighted by molar-refractivity contribution is 6.01. The van der Waals surface area contributed by atoms with Crippen LogP contribution in [0.2, 0.25) is 0 Å². The highest BCUT2D eigenvalue weighted by Crippen LogP contribution is 2.40. The predicted molar refractivity (Wildman–Crippen MR) is 114 cm³/mol. The molecule has 1 amide bonds. The van der Waals surface area contributed by atoms with Crippen molar-refractivity contribution in [1.82, 2.24) is 4.90 Å². The van der Waals surface area contributed by atoms with E-state index in [-0.39, 0.29) is 30.3 Å². The molecule has 0 aromatic heterocycles. The molecule has 5 nitrogen and oxygen atoms in total. The minimum Gasteiger partial charge on any atom is -0.486 e. The summed E-state index contributed by atoms with van der Waals surface area (Å²) in [5, 5.41) is 0. The van der Waals surface area contributed by atoms with Gasteiger partial charge in [-0.1, -0.05) is 0 Å². The number of aryl methyl sites for hydroxylation is 2. The third-order valence-corrected chi connectivity index (χ3v) is 6.47. The zero-order valence-electron chi connectivity index (χ0n) is 17.9. The molecule has 0 radical (unpaired) electrons. The lowest BCUT2D eigenvalue weighted by Gasteiger charge is -2.44. The fourth-order valence-corrected chi connectivity index (χ4v) is 4.35. The number of hydrogen-bond donors (Lipinski definition) is 0. The third-order valence-electron chi connectivity index (χ3n) is 6.47. The lowest BCUT2D eigenvalue weighted by molar-refractivity contribution is -0.134. The Morgan fingerprint density at radius 3 is 2.35 bits per heavy atom. The number of hydrogen-bond acceptors (Lipinski definition) is 4. The van der Waals surface area contributed by atoms with E-state index in [0.717, 1.165) is 11.1 Å². The van der Waals surface area contributed by atoms with Crippen molar-refractivity contribution in [2.75, 3.05) is 13.1 Å². The molecule has 2 aromatic carbocycles. The number of nitrogens with zero attached hydrogens (tertiary/aromatic N) is 1. The molecule has 2 aliphatic heterocycles. The van der Waals surface area contributed by atoms with Gasteiger partial charge in [0.25, 0.3) is 0 Å². The number of Topliss-reactive ketones (excluding diaryl/α,β-unsaturated/α-hetero) is 2. The normalized spacial score (nSPS) is 17.3. The number of carbonyl (C=O) groups excluding carboxylic acids is 3. The van der Waals surface area contributed by atoms with E-state index < -0.39 is 11.4 Å². The van der Waals surface area contributed by atoms with E-state index >= 15 is 0 Å². The number of ketones is 2. The minimum absolute atomic E-state index is 0.0840. The molecule has 2 aromatic rings. The molecular formula is C25H26FNO4. The summed E-state index contributed by atoms with van der Waals surface area (Å²) in [7, 11) is 0. The number of rotatable bonds is 4. The van der Waals surface area contributed by atoms with Crippen molar-refractivity contribution in [2.24, 2.45) is 0 Å². The maximum absolute atomic E-state index is 13.0. The fraction of sp³-hybridized carbons (Fsp3) is 0.400. The number of likely N-dealkylation sites (tertiary alicyclic amines) is 1. The predicted octanol–water partition coefficient (Wildman–Crippen LogP) is 4.43. The molecule has 0 bridgehead atoms. The van der Waals surface area contributed by atoms with Gasteiger partial charge in [-0.25, -0.2) is 4.39 Å². The van der Waals surface area contributed by atoms with Crippen LogP contribution in [0.15, 0.2) is 36.4 Å². The number of fused-ring (bicyclic) bond motifs is 1. The van der Waals surface area contributed by atoms with Crippen LogP contribution in [-0.2, 0) is 4.79 Å². The Morgan fingerprint density at radius 1 is 1.03 bits per heavy atom. The van der Waals surface area contributed by atoms with Crippen molar-refractivity contribution in [3.8, 4) is 5.75 Å². The van der Waals surface area contributed by atoms with Gasteiger partial charge in [-0.3, -0.25) is 14.4 Å². The van der Waals surface area contributed by atoms with Gasteiger partial charge >= 0.3 is 0 Å². The highest BCUT2D eigenvalue weighted by atomic mass is 19.1. The SMILES string of the molecule is Cc1cc2c(cc1C)C(=O)CC1(CCN(C(=O)CCC(=O)c3ccc(F)cc3)CC1)O2. The first-order valence-electron chi connectivity index (χ1n) is 10.7. The average molecular weight is 423 g/mol. The summed E-state index contributed by atoms with van der Waals surface area (Å²) in [6.45, 7) is 4.98. The van der Waals surface area contributed by atoms with Crippen LogP contribution in [0.25, 0.3) is 0 Å². The Kier molecular flexibility index (Phi) is 5.65. The molecule has 1 fully saturated rings. The van der Waals surface area contributed by atoms with Gasteiger partial charge in [0.05, 0.1) is 12.0 Å². The lowest BCUT2D eigenvalue weighted by Crippen LogP contribution is -2.52. The van der Waals surface area contributed by atoms with Crippen LogP contribution < -0.4 is 4.74 Å². The van der Waals surface area contributed by atoms with Crippen molar-refractivity contribution in [3.05, 3.63) is 64.5 Å². The standard InChI is InChI=1S/C25H26FNO4/c1-16-13-20-22(29)15-25(31-23(20)14-17(16)2)9-11-27(12-10-25)24(30)8-7-21(28)18-3-5-19(26)6-4-18/h3-6,13-14H,7-12,15H2,1-2H3. The summed E-state index contributed by atoms with van der Waals surface area (Å²) in [6, 6.07) is 9.19. The first-order chi connectivity index (χ1) is 14.8. The molecule has 31 heavy (non-hydrogen) atoms. The monoisotopic (exact) mass is 423 g/mol. The molecule has 0 unspecified atom stereocenters. The first kappa shape index (κ1) is 21.2. The molecule has 0 atom stereocenters. The Balaban J connectivity index is 1.34. The maximum Gasteiger partial charge on any atom is 0.223 e. The number of piperidine rings is 1. The van der Waals surface area contributed by atoms with E-state index in [4.69, 9.17) is 4.74 Å². The summed E-state index contributed by atoms with van der Waals surface area (Å²) in [5.74, 6) is 0.0777. The molecule has 6 heteroatoms. The smallest absolute Gasteiger partial charge is 0.223 e. The van der Waals surface area contributed by atoms with E-state index in [9.17, 15) is 18.8 Å². The lowest BCUT2D eigenvalue weighted by atomic mass is 9.82. The quantitative estimate of drug-likeness (QED) is 0.683. The van der Waals surface area contributed by atoms with Gasteiger partial charge in [0.15, 0.2) is 11.6 Å². The van der Waals surface area contributed by atoms with Gasteiger partial charge in [0.2, 0.25) is 5.91 Å². The summed E-state index contributed by atoms with van der Waals surface area (Å²) in [5.41, 5.74) is 2.65. The van der Waals surface area contributed by atoms with Crippen LogP contribution >= 0.6 is 0 Å². The molecule has 162 valence electrons. The van der Waals surface area contributed by atoms with Gasteiger partial charge in [-0.2, -0.15) is 0 Å². The van der Waals surface area contributed by atoms with Crippen molar-refractivity contribution in [2.45, 2.75) is 51.6 Å². The van der Waals surface area contributed by atoms with Crippen LogP contribution in [0.5, 0.6) is 5.75 Å². The average Bonchev–Trinajstić information content (AvgIpc) is 2.74. The zero-order chi connectivity index (χ0) is 22.2. The van der Waals surface area contributed by atoms with E-state index in [1.54, 1.807) is 4.90 Å². The summed E-state index contributed by atoms with van der Waals surface area (Å²) < 4.78 is 19.3. The molecule has 0 saturated carbocycles. The number of amides is 1. The molecule has 2 heterocycles. The van der Waals surface area contributed by atoms with Gasteiger partial charge in [-0.15, -0.1) is 0 Å². The van der Waals surface area contributed by atoms with Crippen LogP contribution in [-0.4, -0.2) is 41.1 Å². The van der Waals surface area contributed by atoms with Gasteiger partial charge < -0.3 is 9.64 Å². The van der Waals surface area contributed by atoms with Gasteiger partial charge in [-0.05, 0) is 61.4 Å². The molecule has 0 aliphatic carbocycles. The second-order valence-corrected chi connectivity index (χ2v) is 8.63. The van der Waals surface area contributed by atoms with E-state index in [2.05, 4.69) is 0 Å². The number of halogens is 1. The van der Waals surface area contributed by atoms with Crippen molar-refractivity contribution in [1.29, 1.82) is 0 Å². The molecule has 0 N–H and O–H groups in total. The van der Waals surface area contributed by atoms with Crippen LogP contribution in [0.4, 0.5) is 4.39 Å². The summed E-state index contributed by atoms with van der Waals surface area (Å²) in [4.78, 5) is 39.3. The van der Waals surface area contributed by atoms with Crippen molar-refractivity contribution < 1.29 is 23.5 Å². The third kappa shape index (κ3) is 4.38. The minimum atomic E-state index is -0.563. The van der Waals surface area contributed by atoms with E-state index in [1.165, 1.54) is 24.3 Å². The zero-order valence-corrected chi connectivity index (χ0v) is 17.9. The Morgan fingerprint density at radius 2 is 1.68 bits per heavy atom. The highest BCUT2D eigenvalue weighted by Gasteiger charge is 2.43. The fourth-order valence-electron chi connectivity index (χ4n) is 4.35. The molecule has 4 rings (SSSR count). The molecule has 1 spiro atoms. The van der Waals surface area contributed by atoms with E-state index in [0.29, 0.717) is 49.2 Å². The summed E-state index contributed by atoms with van der Waals surface area (Å²) >= 11 is 0. The van der Waals surface area contributed by atoms with Gasteiger partial charge in [0, 0.05) is 44.3 Å². The summed E-state index contributed by atoms with van der Waals surface area (Å²) in [6.07, 6.45) is 1.70. The van der Waals surface area contributed by atoms with E-state index in [1.807, 2.05) is 26.0 Å². The Labute approximate surface area is 181 Å². The maximum atomic E-state index is 13.0. The Bertz CT molecular complexity index is 1040. The molecule has 1 saturated heterocycles. The molecular weight excluding hydrogens is 397 g/mol. The first-order valence-corrected chi connectivity index (χ1v) is 10.7. The Hall–Kier alpha value is -3.02. The number of ether oxygens (including phenoxy) is 1. The van der Waals surface area contributed by atoms with Gasteiger partial charge in [0.1, 0.15) is 17.2 Å². The van der Waals surface area contributed by atoms with Crippen LogP contribution in [0.1, 0.15) is 63.9 Å². The molecule has 2 aliphatic rings. The van der Waals surface area contributed by atoms with Crippen molar-refractivity contribution >= 4 is 17.5 Å². The second-order valence-electron chi connectivity index (χ2n) is 8.63. The topological polar surface area (TPSA) is 63.7 Å². The second kappa shape index (κ2) is 8.25.